The minimum absolute atomic E-state index is 0.240. The second kappa shape index (κ2) is 3.00. The molecule has 0 saturated heterocycles. The van der Waals surface area contributed by atoms with E-state index in [4.69, 9.17) is 0 Å². The first-order valence-electron chi connectivity index (χ1n) is 4.41. The number of rotatable bonds is 0. The van der Waals surface area contributed by atoms with Crippen molar-refractivity contribution in [2.24, 2.45) is 0 Å². The first-order chi connectivity index (χ1) is 6.20. The van der Waals surface area contributed by atoms with Crippen molar-refractivity contribution < 1.29 is 9.50 Å². The fourth-order valence-corrected chi connectivity index (χ4v) is 1.64. The molecule has 0 bridgehead atoms. The summed E-state index contributed by atoms with van der Waals surface area (Å²) in [6, 6.07) is 3.48. The number of benzene rings is 1. The van der Waals surface area contributed by atoms with Crippen molar-refractivity contribution in [1.29, 1.82) is 0 Å². The van der Waals surface area contributed by atoms with Crippen LogP contribution in [-0.4, -0.2) is 11.7 Å². The van der Waals surface area contributed by atoms with Crippen molar-refractivity contribution >= 4 is 5.69 Å². The third kappa shape index (κ3) is 1.29. The van der Waals surface area contributed by atoms with E-state index < -0.39 is 6.10 Å². The summed E-state index contributed by atoms with van der Waals surface area (Å²) in [5, 5.41) is 12.5. The van der Waals surface area contributed by atoms with Crippen LogP contribution in [-0.2, 0) is 0 Å². The highest BCUT2D eigenvalue weighted by Gasteiger charge is 2.20. The first-order valence-corrected chi connectivity index (χ1v) is 4.41. The second-order valence-electron chi connectivity index (χ2n) is 3.39. The van der Waals surface area contributed by atoms with E-state index in [9.17, 15) is 9.50 Å². The van der Waals surface area contributed by atoms with Crippen molar-refractivity contribution in [2.45, 2.75) is 19.4 Å². The SMILES string of the molecule is Cc1ccc2c(c1F)NCCC2O. The van der Waals surface area contributed by atoms with Gasteiger partial charge in [0.2, 0.25) is 0 Å². The summed E-state index contributed by atoms with van der Waals surface area (Å²) in [4.78, 5) is 0. The maximum absolute atomic E-state index is 13.5. The van der Waals surface area contributed by atoms with E-state index in [1.807, 2.05) is 0 Å². The van der Waals surface area contributed by atoms with Crippen LogP contribution in [0, 0.1) is 12.7 Å². The number of hydrogen-bond donors (Lipinski definition) is 2. The summed E-state index contributed by atoms with van der Waals surface area (Å²) < 4.78 is 13.5. The van der Waals surface area contributed by atoms with Crippen molar-refractivity contribution in [3.05, 3.63) is 29.1 Å². The van der Waals surface area contributed by atoms with Gasteiger partial charge in [0.1, 0.15) is 5.82 Å². The van der Waals surface area contributed by atoms with Gasteiger partial charge < -0.3 is 10.4 Å². The van der Waals surface area contributed by atoms with Gasteiger partial charge in [-0.25, -0.2) is 4.39 Å². The van der Waals surface area contributed by atoms with Gasteiger partial charge >= 0.3 is 0 Å². The number of nitrogens with one attached hydrogen (secondary N) is 1. The van der Waals surface area contributed by atoms with E-state index >= 15 is 0 Å². The molecule has 70 valence electrons. The Hall–Kier alpha value is -1.09. The molecular weight excluding hydrogens is 169 g/mol. The first kappa shape index (κ1) is 8.51. The molecule has 0 aliphatic carbocycles. The molecule has 0 aromatic heterocycles. The van der Waals surface area contributed by atoms with E-state index in [1.165, 1.54) is 0 Å². The lowest BCUT2D eigenvalue weighted by molar-refractivity contribution is 0.168. The van der Waals surface area contributed by atoms with Crippen LogP contribution < -0.4 is 5.32 Å². The standard InChI is InChI=1S/C10H12FNO/c1-6-2-3-7-8(13)4-5-12-10(7)9(6)11/h2-3,8,12-13H,4-5H2,1H3. The third-order valence-corrected chi connectivity index (χ3v) is 2.45. The van der Waals surface area contributed by atoms with Crippen molar-refractivity contribution in [1.82, 2.24) is 0 Å². The van der Waals surface area contributed by atoms with Gasteiger partial charge in [0.15, 0.2) is 0 Å². The summed E-state index contributed by atoms with van der Waals surface area (Å²) in [5.74, 6) is -0.240. The molecule has 2 nitrogen and oxygen atoms in total. The molecule has 1 aliphatic rings. The predicted molar refractivity (Wildman–Crippen MR) is 49.2 cm³/mol. The summed E-state index contributed by atoms with van der Waals surface area (Å²) in [6.45, 7) is 2.35. The Labute approximate surface area is 76.4 Å². The Morgan fingerprint density at radius 2 is 2.31 bits per heavy atom. The van der Waals surface area contributed by atoms with E-state index in [-0.39, 0.29) is 5.82 Å². The Balaban J connectivity index is 2.56. The normalized spacial score (nSPS) is 20.7. The number of aryl methyl sites for hydroxylation is 1. The number of fused-ring (bicyclic) bond motifs is 1. The Kier molecular flexibility index (Phi) is 1.96. The largest absolute Gasteiger partial charge is 0.388 e. The maximum Gasteiger partial charge on any atom is 0.149 e. The van der Waals surface area contributed by atoms with Crippen LogP contribution in [0.3, 0.4) is 0 Å². The zero-order valence-electron chi connectivity index (χ0n) is 7.47. The van der Waals surface area contributed by atoms with Crippen LogP contribution in [0.5, 0.6) is 0 Å². The summed E-state index contributed by atoms with van der Waals surface area (Å²) >= 11 is 0. The molecule has 1 heterocycles. The maximum atomic E-state index is 13.5. The fourth-order valence-electron chi connectivity index (χ4n) is 1.64. The predicted octanol–water partition coefficient (Wildman–Crippen LogP) is 1.98. The number of anilines is 1. The molecule has 0 fully saturated rings. The Morgan fingerprint density at radius 1 is 1.54 bits per heavy atom. The lowest BCUT2D eigenvalue weighted by Crippen LogP contribution is -2.18. The Morgan fingerprint density at radius 3 is 3.08 bits per heavy atom. The molecule has 1 aliphatic heterocycles. The number of aliphatic hydroxyl groups is 1. The van der Waals surface area contributed by atoms with Gasteiger partial charge in [-0.05, 0) is 18.9 Å². The second-order valence-corrected chi connectivity index (χ2v) is 3.39. The van der Waals surface area contributed by atoms with Crippen LogP contribution in [0.15, 0.2) is 12.1 Å². The van der Waals surface area contributed by atoms with Crippen LogP contribution >= 0.6 is 0 Å². The van der Waals surface area contributed by atoms with E-state index in [2.05, 4.69) is 5.32 Å². The molecule has 1 aromatic carbocycles. The molecule has 1 atom stereocenters. The van der Waals surface area contributed by atoms with Crippen LogP contribution in [0.1, 0.15) is 23.7 Å². The van der Waals surface area contributed by atoms with Gasteiger partial charge in [-0.15, -0.1) is 0 Å². The molecule has 0 amide bonds. The molecule has 0 saturated carbocycles. The molecule has 0 spiro atoms. The van der Waals surface area contributed by atoms with Gasteiger partial charge in [-0.1, -0.05) is 12.1 Å². The van der Waals surface area contributed by atoms with Gasteiger partial charge in [-0.2, -0.15) is 0 Å². The minimum Gasteiger partial charge on any atom is -0.388 e. The van der Waals surface area contributed by atoms with E-state index in [0.717, 1.165) is 0 Å². The molecule has 0 radical (unpaired) electrons. The molecule has 1 unspecified atom stereocenters. The number of hydrogen-bond acceptors (Lipinski definition) is 2. The molecule has 1 aromatic rings. The highest BCUT2D eigenvalue weighted by Crippen LogP contribution is 2.32. The molecule has 13 heavy (non-hydrogen) atoms. The number of aliphatic hydroxyl groups excluding tert-OH is 1. The van der Waals surface area contributed by atoms with Gasteiger partial charge in [0.05, 0.1) is 11.8 Å². The van der Waals surface area contributed by atoms with Gasteiger partial charge in [-0.3, -0.25) is 0 Å². The minimum atomic E-state index is -0.522. The highest BCUT2D eigenvalue weighted by atomic mass is 19.1. The summed E-state index contributed by atoms with van der Waals surface area (Å²) in [6.07, 6.45) is 0.126. The lowest BCUT2D eigenvalue weighted by Gasteiger charge is -2.23. The van der Waals surface area contributed by atoms with Crippen molar-refractivity contribution in [2.75, 3.05) is 11.9 Å². The molecule has 2 N–H and O–H groups in total. The van der Waals surface area contributed by atoms with Crippen LogP contribution in [0.25, 0.3) is 0 Å². The number of halogens is 1. The highest BCUT2D eigenvalue weighted by molar-refractivity contribution is 5.57. The topological polar surface area (TPSA) is 32.3 Å². The van der Waals surface area contributed by atoms with Crippen LogP contribution in [0.4, 0.5) is 10.1 Å². The fraction of sp³-hybridized carbons (Fsp3) is 0.400. The average Bonchev–Trinajstić information content (AvgIpc) is 2.12. The quantitative estimate of drug-likeness (QED) is 0.641. The average molecular weight is 181 g/mol. The summed E-state index contributed by atoms with van der Waals surface area (Å²) in [5.41, 5.74) is 1.76. The molecule has 2 rings (SSSR count). The zero-order chi connectivity index (χ0) is 9.42. The lowest BCUT2D eigenvalue weighted by atomic mass is 9.98. The van der Waals surface area contributed by atoms with Crippen LogP contribution in [0.2, 0.25) is 0 Å². The third-order valence-electron chi connectivity index (χ3n) is 2.45. The van der Waals surface area contributed by atoms with E-state index in [1.54, 1.807) is 19.1 Å². The molecular formula is C10H12FNO. The van der Waals surface area contributed by atoms with Crippen molar-refractivity contribution in [3.63, 3.8) is 0 Å². The smallest absolute Gasteiger partial charge is 0.149 e. The van der Waals surface area contributed by atoms with Gasteiger partial charge in [0.25, 0.3) is 0 Å². The summed E-state index contributed by atoms with van der Waals surface area (Å²) in [7, 11) is 0. The monoisotopic (exact) mass is 181 g/mol. The van der Waals surface area contributed by atoms with E-state index in [0.29, 0.717) is 29.8 Å². The zero-order valence-corrected chi connectivity index (χ0v) is 7.47. The van der Waals surface area contributed by atoms with Gasteiger partial charge in [0, 0.05) is 12.1 Å². The van der Waals surface area contributed by atoms with Crippen molar-refractivity contribution in [3.8, 4) is 0 Å². The molecule has 3 heteroatoms. The Bertz CT molecular complexity index is 338.